The van der Waals surface area contributed by atoms with Gasteiger partial charge in [-0.05, 0) is 48.0 Å². The normalized spacial score (nSPS) is 15.2. The molecule has 3 rings (SSSR count). The summed E-state index contributed by atoms with van der Waals surface area (Å²) in [5, 5.41) is 23.2. The third-order valence-electron chi connectivity index (χ3n) is 4.49. The number of nitrogens with one attached hydrogen (secondary N) is 3. The number of rotatable bonds is 6. The number of nitrogens with zero attached hydrogens (tertiary/aromatic N) is 2. The van der Waals surface area contributed by atoms with Crippen molar-refractivity contribution in [1.82, 2.24) is 10.3 Å². The zero-order chi connectivity index (χ0) is 19.8. The van der Waals surface area contributed by atoms with Crippen LogP contribution in [0.3, 0.4) is 0 Å². The van der Waals surface area contributed by atoms with Gasteiger partial charge >= 0.3 is 0 Å². The Labute approximate surface area is 163 Å². The molecule has 1 aromatic heterocycles. The van der Waals surface area contributed by atoms with Gasteiger partial charge in [-0.15, -0.1) is 0 Å². The standard InChI is InChI=1S/C21H23N5O2/c22-14-17(16-5-7-23-8-6-16)13-18(15-27)21(28)25-19-1-3-20(4-2-19)26-11-9-24-10-12-26/h1-8,13-15,22,24,27H,9-12H2,(H,25,28). The largest absolute Gasteiger partial charge is 0.515 e. The number of pyridine rings is 1. The maximum Gasteiger partial charge on any atom is 0.258 e. The SMILES string of the molecule is N=CC(=CC(=CO)C(=O)Nc1ccc(N2CCNCC2)cc1)c1ccncc1. The molecule has 0 atom stereocenters. The van der Waals surface area contributed by atoms with Crippen LogP contribution in [0.4, 0.5) is 11.4 Å². The lowest BCUT2D eigenvalue weighted by molar-refractivity contribution is -0.112. The second-order valence-corrected chi connectivity index (χ2v) is 6.30. The smallest absolute Gasteiger partial charge is 0.258 e. The zero-order valence-corrected chi connectivity index (χ0v) is 15.4. The van der Waals surface area contributed by atoms with E-state index in [2.05, 4.69) is 20.5 Å². The number of amides is 1. The van der Waals surface area contributed by atoms with Crippen LogP contribution < -0.4 is 15.5 Å². The van der Waals surface area contributed by atoms with Crippen molar-refractivity contribution in [3.8, 4) is 0 Å². The van der Waals surface area contributed by atoms with Gasteiger partial charge in [0.25, 0.3) is 5.91 Å². The summed E-state index contributed by atoms with van der Waals surface area (Å²) in [7, 11) is 0. The van der Waals surface area contributed by atoms with Gasteiger partial charge in [0.1, 0.15) is 0 Å². The van der Waals surface area contributed by atoms with Gasteiger partial charge in [-0.3, -0.25) is 9.78 Å². The average Bonchev–Trinajstić information content (AvgIpc) is 2.76. The molecule has 2 aromatic rings. The third kappa shape index (κ3) is 4.83. The predicted octanol–water partition coefficient (Wildman–Crippen LogP) is 2.60. The van der Waals surface area contributed by atoms with E-state index in [0.717, 1.165) is 49.9 Å². The first kappa shape index (κ1) is 19.3. The minimum Gasteiger partial charge on any atom is -0.515 e. The van der Waals surface area contributed by atoms with E-state index < -0.39 is 5.91 Å². The number of aliphatic hydroxyl groups excluding tert-OH is 1. The number of benzene rings is 1. The molecule has 7 nitrogen and oxygen atoms in total. The van der Waals surface area contributed by atoms with Gasteiger partial charge in [0.15, 0.2) is 0 Å². The first-order chi connectivity index (χ1) is 13.7. The molecule has 28 heavy (non-hydrogen) atoms. The summed E-state index contributed by atoms with van der Waals surface area (Å²) in [5.41, 5.74) is 3.03. The fourth-order valence-electron chi connectivity index (χ4n) is 2.96. The van der Waals surface area contributed by atoms with Gasteiger partial charge in [0.2, 0.25) is 0 Å². The molecule has 0 aliphatic carbocycles. The van der Waals surface area contributed by atoms with Crippen molar-refractivity contribution in [2.75, 3.05) is 36.4 Å². The van der Waals surface area contributed by atoms with E-state index in [1.165, 1.54) is 6.08 Å². The second-order valence-electron chi connectivity index (χ2n) is 6.30. The molecule has 144 valence electrons. The van der Waals surface area contributed by atoms with Gasteiger partial charge in [0, 0.05) is 61.7 Å². The number of carbonyl (C=O) groups is 1. The highest BCUT2D eigenvalue weighted by Gasteiger charge is 2.12. The molecular weight excluding hydrogens is 354 g/mol. The number of aliphatic hydroxyl groups is 1. The summed E-state index contributed by atoms with van der Waals surface area (Å²) in [6, 6.07) is 11.1. The van der Waals surface area contributed by atoms with Crippen LogP contribution in [0.25, 0.3) is 5.57 Å². The van der Waals surface area contributed by atoms with Crippen molar-refractivity contribution < 1.29 is 9.90 Å². The highest BCUT2D eigenvalue weighted by Crippen LogP contribution is 2.20. The van der Waals surface area contributed by atoms with Crippen LogP contribution in [0, 0.1) is 5.41 Å². The van der Waals surface area contributed by atoms with Crippen molar-refractivity contribution in [2.45, 2.75) is 0 Å². The Hall–Kier alpha value is -3.45. The number of anilines is 2. The van der Waals surface area contributed by atoms with Crippen molar-refractivity contribution in [3.05, 3.63) is 72.3 Å². The van der Waals surface area contributed by atoms with Gasteiger partial charge in [-0.2, -0.15) is 0 Å². The summed E-state index contributed by atoms with van der Waals surface area (Å²) in [4.78, 5) is 18.8. The van der Waals surface area contributed by atoms with E-state index in [0.29, 0.717) is 11.3 Å². The van der Waals surface area contributed by atoms with E-state index in [4.69, 9.17) is 5.41 Å². The summed E-state index contributed by atoms with van der Waals surface area (Å²) in [6.45, 7) is 3.83. The first-order valence-corrected chi connectivity index (χ1v) is 9.05. The summed E-state index contributed by atoms with van der Waals surface area (Å²) in [5.74, 6) is -0.453. The molecule has 0 spiro atoms. The van der Waals surface area contributed by atoms with Crippen LogP contribution in [-0.2, 0) is 4.79 Å². The van der Waals surface area contributed by atoms with E-state index in [-0.39, 0.29) is 5.57 Å². The lowest BCUT2D eigenvalue weighted by atomic mass is 10.1. The summed E-state index contributed by atoms with van der Waals surface area (Å²) in [6.07, 6.45) is 6.56. The second kappa shape index (κ2) is 9.48. The molecule has 0 unspecified atom stereocenters. The Morgan fingerprint density at radius 2 is 1.82 bits per heavy atom. The zero-order valence-electron chi connectivity index (χ0n) is 15.4. The van der Waals surface area contributed by atoms with E-state index in [1.807, 2.05) is 24.3 Å². The molecule has 7 heteroatoms. The Kier molecular flexibility index (Phi) is 6.54. The van der Waals surface area contributed by atoms with Gasteiger partial charge in [-0.1, -0.05) is 0 Å². The Balaban J connectivity index is 1.70. The molecule has 0 bridgehead atoms. The molecule has 0 saturated carbocycles. The van der Waals surface area contributed by atoms with E-state index >= 15 is 0 Å². The van der Waals surface area contributed by atoms with Gasteiger partial charge in [-0.25, -0.2) is 0 Å². The van der Waals surface area contributed by atoms with Crippen LogP contribution in [0.15, 0.2) is 66.7 Å². The maximum absolute atomic E-state index is 12.5. The summed E-state index contributed by atoms with van der Waals surface area (Å²) < 4.78 is 0. The lowest BCUT2D eigenvalue weighted by Gasteiger charge is -2.29. The molecule has 4 N–H and O–H groups in total. The Bertz CT molecular complexity index is 869. The number of aromatic nitrogens is 1. The Morgan fingerprint density at radius 1 is 1.14 bits per heavy atom. The minimum atomic E-state index is -0.453. The fraction of sp³-hybridized carbons (Fsp3) is 0.190. The topological polar surface area (TPSA) is 101 Å². The summed E-state index contributed by atoms with van der Waals surface area (Å²) >= 11 is 0. The van der Waals surface area contributed by atoms with Crippen LogP contribution in [0.2, 0.25) is 0 Å². The molecule has 0 radical (unpaired) electrons. The fourth-order valence-corrected chi connectivity index (χ4v) is 2.96. The van der Waals surface area contributed by atoms with Gasteiger partial charge in [0.05, 0.1) is 11.8 Å². The molecule has 1 saturated heterocycles. The highest BCUT2D eigenvalue weighted by atomic mass is 16.2. The number of piperazine rings is 1. The van der Waals surface area contributed by atoms with Crippen LogP contribution >= 0.6 is 0 Å². The predicted molar refractivity (Wildman–Crippen MR) is 112 cm³/mol. The minimum absolute atomic E-state index is 0.0569. The van der Waals surface area contributed by atoms with Crippen molar-refractivity contribution in [2.24, 2.45) is 0 Å². The van der Waals surface area contributed by atoms with Crippen LogP contribution in [0.1, 0.15) is 5.56 Å². The van der Waals surface area contributed by atoms with Crippen molar-refractivity contribution in [3.63, 3.8) is 0 Å². The van der Waals surface area contributed by atoms with Gasteiger partial charge < -0.3 is 26.0 Å². The lowest BCUT2D eigenvalue weighted by Crippen LogP contribution is -2.43. The molecule has 1 aromatic carbocycles. The van der Waals surface area contributed by atoms with E-state index in [9.17, 15) is 9.90 Å². The molecule has 1 aliphatic rings. The molecular formula is C21H23N5O2. The highest BCUT2D eigenvalue weighted by molar-refractivity contribution is 6.14. The first-order valence-electron chi connectivity index (χ1n) is 9.05. The average molecular weight is 377 g/mol. The Morgan fingerprint density at radius 3 is 2.43 bits per heavy atom. The third-order valence-corrected chi connectivity index (χ3v) is 4.49. The maximum atomic E-state index is 12.5. The van der Waals surface area contributed by atoms with Crippen LogP contribution in [-0.4, -0.2) is 48.4 Å². The number of hydrogen-bond donors (Lipinski definition) is 4. The molecule has 1 fully saturated rings. The quantitative estimate of drug-likeness (QED) is 0.268. The van der Waals surface area contributed by atoms with Crippen molar-refractivity contribution >= 4 is 29.1 Å². The van der Waals surface area contributed by atoms with E-state index in [1.54, 1.807) is 24.5 Å². The number of carbonyl (C=O) groups excluding carboxylic acids is 1. The molecule has 1 amide bonds. The molecule has 1 aliphatic heterocycles. The van der Waals surface area contributed by atoms with Crippen LogP contribution in [0.5, 0.6) is 0 Å². The molecule has 2 heterocycles. The number of hydrogen-bond acceptors (Lipinski definition) is 6. The number of allylic oxidation sites excluding steroid dienone is 1. The van der Waals surface area contributed by atoms with Crippen molar-refractivity contribution in [1.29, 1.82) is 5.41 Å². The monoisotopic (exact) mass is 377 g/mol.